The van der Waals surface area contributed by atoms with E-state index in [1.165, 1.54) is 6.07 Å². The number of Topliss-reactive ketones (excluding diaryl/α,β-unsaturated/α-hetero) is 2. The van der Waals surface area contributed by atoms with Gasteiger partial charge in [0.1, 0.15) is 30.3 Å². The minimum Gasteiger partial charge on any atom is -0.507 e. The fourth-order valence-corrected chi connectivity index (χ4v) is 9.09. The van der Waals surface area contributed by atoms with Crippen LogP contribution in [0.3, 0.4) is 0 Å². The Morgan fingerprint density at radius 2 is 1.63 bits per heavy atom. The summed E-state index contributed by atoms with van der Waals surface area (Å²) in [5.74, 6) is -5.06. The maximum absolute atomic E-state index is 15.4. The molecule has 1 aromatic heterocycles. The first-order valence-electron chi connectivity index (χ1n) is 18.0. The number of halogens is 3. The molecule has 5 atom stereocenters. The summed E-state index contributed by atoms with van der Waals surface area (Å²) in [5, 5.41) is 28.6. The van der Waals surface area contributed by atoms with Crippen LogP contribution in [0.5, 0.6) is 11.6 Å². The number of ketones is 2. The average Bonchev–Trinajstić information content (AvgIpc) is 3.77. The van der Waals surface area contributed by atoms with Crippen LogP contribution in [0.4, 0.5) is 13.2 Å². The molecular formula is C41H40F3N3O7. The third kappa shape index (κ3) is 5.71. The monoisotopic (exact) mass is 743 g/mol. The zero-order valence-corrected chi connectivity index (χ0v) is 30.0. The molecule has 10 nitrogen and oxygen atoms in total. The van der Waals surface area contributed by atoms with Crippen molar-refractivity contribution in [1.82, 2.24) is 15.0 Å². The van der Waals surface area contributed by atoms with Gasteiger partial charge < -0.3 is 24.2 Å². The second kappa shape index (κ2) is 13.4. The van der Waals surface area contributed by atoms with Gasteiger partial charge in [-0.3, -0.25) is 19.4 Å². The Morgan fingerprint density at radius 3 is 2.22 bits per heavy atom. The van der Waals surface area contributed by atoms with Gasteiger partial charge in [0, 0.05) is 17.5 Å². The Kier molecular flexibility index (Phi) is 8.94. The first-order valence-corrected chi connectivity index (χ1v) is 18.0. The van der Waals surface area contributed by atoms with Crippen molar-refractivity contribution in [2.24, 2.45) is 11.8 Å². The quantitative estimate of drug-likeness (QED) is 0.185. The predicted molar refractivity (Wildman–Crippen MR) is 190 cm³/mol. The molecule has 2 heterocycles. The molecule has 13 heteroatoms. The molecule has 1 saturated heterocycles. The van der Waals surface area contributed by atoms with Crippen LogP contribution in [0.15, 0.2) is 76.8 Å². The predicted octanol–water partition coefficient (Wildman–Crippen LogP) is 6.88. The van der Waals surface area contributed by atoms with Gasteiger partial charge in [0.05, 0.1) is 17.2 Å². The normalized spacial score (nSPS) is 25.3. The standard InChI is InChI=1S/C41H40F3N3O7/c1-46(2)34-27-18-24-17-26-31(29(52-20-22-11-6-4-7-12-22)19-25(33(26)41(42,43)44)28-15-10-16-47(28)3)35(48)30(24)37(49)40(27,51)38(50)32-36(34)54-45-39(32)53-21-23-13-8-5-9-14-23/h4-9,11-14,19,24,27-28,34,48,51H,10,15-18,20-21H2,1-3H3/t24-,27-,28?,34-,40-/m0/s1. The molecule has 0 amide bonds. The van der Waals surface area contributed by atoms with E-state index in [2.05, 4.69) is 5.16 Å². The average molecular weight is 744 g/mol. The van der Waals surface area contributed by atoms with Crippen LogP contribution in [0, 0.1) is 11.8 Å². The molecule has 4 aliphatic rings. The van der Waals surface area contributed by atoms with Crippen molar-refractivity contribution >= 4 is 17.3 Å². The number of aliphatic hydroxyl groups excluding tert-OH is 1. The van der Waals surface area contributed by atoms with Crippen LogP contribution in [0.1, 0.15) is 80.8 Å². The van der Waals surface area contributed by atoms with E-state index >= 15 is 13.2 Å². The summed E-state index contributed by atoms with van der Waals surface area (Å²) in [6.07, 6.45) is -3.98. The number of fused-ring (bicyclic) bond motifs is 4. The maximum Gasteiger partial charge on any atom is 0.417 e. The van der Waals surface area contributed by atoms with Crippen LogP contribution in [0.2, 0.25) is 0 Å². The summed E-state index contributed by atoms with van der Waals surface area (Å²) in [7, 11) is 5.16. The van der Waals surface area contributed by atoms with E-state index in [4.69, 9.17) is 14.0 Å². The number of nitrogens with zero attached hydrogens (tertiary/aromatic N) is 3. The third-order valence-electron chi connectivity index (χ3n) is 11.5. The number of ether oxygens (including phenoxy) is 2. The van der Waals surface area contributed by atoms with Gasteiger partial charge in [-0.1, -0.05) is 60.7 Å². The van der Waals surface area contributed by atoms with Gasteiger partial charge in [-0.05, 0) is 92.8 Å². The van der Waals surface area contributed by atoms with Crippen molar-refractivity contribution in [3.63, 3.8) is 0 Å². The Hall–Kier alpha value is -4.98. The van der Waals surface area contributed by atoms with Gasteiger partial charge in [-0.25, -0.2) is 0 Å². The van der Waals surface area contributed by atoms with Crippen LogP contribution >= 0.6 is 0 Å². The largest absolute Gasteiger partial charge is 0.507 e. The van der Waals surface area contributed by atoms with Crippen LogP contribution in [0.25, 0.3) is 5.76 Å². The fraction of sp³-hybridized carbons (Fsp3) is 0.390. The first-order chi connectivity index (χ1) is 25.8. The number of benzene rings is 3. The smallest absolute Gasteiger partial charge is 0.417 e. The molecule has 3 aliphatic carbocycles. The summed E-state index contributed by atoms with van der Waals surface area (Å²) in [6.45, 7) is 0.621. The molecular weight excluding hydrogens is 703 g/mol. The summed E-state index contributed by atoms with van der Waals surface area (Å²) in [6, 6.07) is 18.1. The number of carbonyl (C=O) groups excluding carboxylic acids is 2. The summed E-state index contributed by atoms with van der Waals surface area (Å²) < 4.78 is 63.9. The fourth-order valence-electron chi connectivity index (χ4n) is 9.09. The molecule has 2 fully saturated rings. The second-order valence-electron chi connectivity index (χ2n) is 14.9. The lowest BCUT2D eigenvalue weighted by Gasteiger charge is -2.49. The maximum atomic E-state index is 15.4. The van der Waals surface area contributed by atoms with E-state index in [-0.39, 0.29) is 71.3 Å². The van der Waals surface area contributed by atoms with E-state index in [1.807, 2.05) is 65.6 Å². The topological polar surface area (TPSA) is 126 Å². The van der Waals surface area contributed by atoms with Crippen molar-refractivity contribution in [1.29, 1.82) is 0 Å². The summed E-state index contributed by atoms with van der Waals surface area (Å²) >= 11 is 0. The highest BCUT2D eigenvalue weighted by Crippen LogP contribution is 2.58. The minimum absolute atomic E-state index is 0.0124. The molecule has 1 aliphatic heterocycles. The lowest BCUT2D eigenvalue weighted by molar-refractivity contribution is -0.142. The van der Waals surface area contributed by atoms with Gasteiger partial charge in [0.25, 0.3) is 5.88 Å². The van der Waals surface area contributed by atoms with E-state index in [0.717, 1.165) is 11.1 Å². The molecule has 1 saturated carbocycles. The Labute approximate surface area is 309 Å². The zero-order valence-electron chi connectivity index (χ0n) is 30.0. The molecule has 282 valence electrons. The lowest BCUT2D eigenvalue weighted by Crippen LogP contribution is -2.63. The molecule has 3 aromatic carbocycles. The van der Waals surface area contributed by atoms with E-state index < -0.39 is 58.6 Å². The first kappa shape index (κ1) is 36.0. The van der Waals surface area contributed by atoms with Crippen LogP contribution in [-0.2, 0) is 30.6 Å². The Bertz CT molecular complexity index is 2150. The highest BCUT2D eigenvalue weighted by Gasteiger charge is 2.66. The number of rotatable bonds is 8. The van der Waals surface area contributed by atoms with Crippen molar-refractivity contribution in [3.8, 4) is 11.6 Å². The highest BCUT2D eigenvalue weighted by atomic mass is 19.4. The SMILES string of the molecule is CN1CCCC1c1cc(OCc2ccccc2)c2c(c1C(F)(F)F)C[C@H]1C[C@H]3[C@H](N(C)C)c4onc(OCc5ccccc5)c4C(=O)[C@@]3(O)C(=O)C1=C2O. The Morgan fingerprint density at radius 1 is 0.981 bits per heavy atom. The number of aromatic nitrogens is 1. The van der Waals surface area contributed by atoms with Crippen molar-refractivity contribution in [3.05, 3.63) is 117 Å². The molecule has 2 N–H and O–H groups in total. The lowest BCUT2D eigenvalue weighted by atomic mass is 9.57. The molecule has 0 bridgehead atoms. The van der Waals surface area contributed by atoms with Crippen molar-refractivity contribution in [2.75, 3.05) is 27.7 Å². The summed E-state index contributed by atoms with van der Waals surface area (Å²) in [4.78, 5) is 32.8. The van der Waals surface area contributed by atoms with Crippen molar-refractivity contribution in [2.45, 2.75) is 62.8 Å². The number of aliphatic hydroxyl groups is 2. The second-order valence-corrected chi connectivity index (χ2v) is 14.9. The molecule has 54 heavy (non-hydrogen) atoms. The van der Waals surface area contributed by atoms with Gasteiger partial charge in [0.15, 0.2) is 11.4 Å². The van der Waals surface area contributed by atoms with Gasteiger partial charge in [0.2, 0.25) is 11.6 Å². The van der Waals surface area contributed by atoms with Crippen molar-refractivity contribution < 1.29 is 47.0 Å². The van der Waals surface area contributed by atoms with Gasteiger partial charge in [-0.15, -0.1) is 0 Å². The van der Waals surface area contributed by atoms with E-state index in [1.54, 1.807) is 26.0 Å². The Balaban J connectivity index is 1.27. The van der Waals surface area contributed by atoms with Crippen LogP contribution < -0.4 is 9.47 Å². The highest BCUT2D eigenvalue weighted by molar-refractivity contribution is 6.26. The third-order valence-corrected chi connectivity index (χ3v) is 11.5. The van der Waals surface area contributed by atoms with Gasteiger partial charge >= 0.3 is 6.18 Å². The molecule has 1 unspecified atom stereocenters. The molecule has 0 radical (unpaired) electrons. The number of hydrogen-bond acceptors (Lipinski definition) is 10. The minimum atomic E-state index is -4.81. The number of carbonyl (C=O) groups is 2. The number of hydrogen-bond donors (Lipinski definition) is 2. The van der Waals surface area contributed by atoms with Gasteiger partial charge in [-0.2, -0.15) is 13.2 Å². The van der Waals surface area contributed by atoms with E-state index in [9.17, 15) is 19.8 Å². The molecule has 8 rings (SSSR count). The number of alkyl halides is 3. The molecule has 4 aromatic rings. The number of likely N-dealkylation sites (tertiary alicyclic amines) is 1. The van der Waals surface area contributed by atoms with E-state index in [0.29, 0.717) is 19.4 Å². The van der Waals surface area contributed by atoms with Crippen LogP contribution in [-0.4, -0.2) is 70.0 Å². The summed E-state index contributed by atoms with van der Waals surface area (Å²) in [5.41, 5.74) is -2.92. The zero-order chi connectivity index (χ0) is 38.1. The molecule has 0 spiro atoms.